The van der Waals surface area contributed by atoms with E-state index in [0.29, 0.717) is 24.2 Å². The molecule has 4 N–H and O–H groups in total. The van der Waals surface area contributed by atoms with E-state index in [1.807, 2.05) is 0 Å². The second kappa shape index (κ2) is 7.49. The molecule has 166 valence electrons. The highest BCUT2D eigenvalue weighted by Gasteiger charge is 2.64. The van der Waals surface area contributed by atoms with Gasteiger partial charge in [-0.15, -0.1) is 0 Å². The Morgan fingerprint density at radius 3 is 2.34 bits per heavy atom. The minimum Gasteiger partial charge on any atom is -0.481 e. The van der Waals surface area contributed by atoms with Crippen LogP contribution in [0.1, 0.15) is 78.6 Å². The molecule has 0 aromatic carbocycles. The van der Waals surface area contributed by atoms with Crippen LogP contribution in [0, 0.1) is 46.3 Å². The standard InChI is InChI=1S/C24H40O5/c1-13(4-5-20(28)29)22-19(27)12-17-21-16(7-9-24(17,22)3)23(2)8-6-15(25)10-14(23)11-18(21)26/h13-19,21-22,25-27H,4-12H2,1-3H3,(H,28,29)/t13-,14?,15-,16+,17+,18-,19?,21-,22+,23+,24+/m1/s1. The fourth-order valence-corrected chi connectivity index (χ4v) is 8.82. The fraction of sp³-hybridized carbons (Fsp3) is 0.958. The van der Waals surface area contributed by atoms with Crippen LogP contribution in [0.5, 0.6) is 0 Å². The number of aliphatic hydroxyl groups is 3. The molecule has 0 amide bonds. The second-order valence-corrected chi connectivity index (χ2v) is 11.5. The number of carboxylic acids is 1. The summed E-state index contributed by atoms with van der Waals surface area (Å²) in [5.41, 5.74) is 0.152. The van der Waals surface area contributed by atoms with Crippen LogP contribution in [-0.4, -0.2) is 44.7 Å². The maximum Gasteiger partial charge on any atom is 0.303 e. The molecule has 0 aliphatic heterocycles. The minimum absolute atomic E-state index is 0.0309. The van der Waals surface area contributed by atoms with Crippen LogP contribution in [0.3, 0.4) is 0 Å². The quantitative estimate of drug-likeness (QED) is 0.571. The molecule has 0 radical (unpaired) electrons. The van der Waals surface area contributed by atoms with Gasteiger partial charge in [0.25, 0.3) is 0 Å². The molecule has 0 bridgehead atoms. The maximum absolute atomic E-state index is 11.3. The largest absolute Gasteiger partial charge is 0.481 e. The predicted octanol–water partition coefficient (Wildman–Crippen LogP) is 3.45. The van der Waals surface area contributed by atoms with Gasteiger partial charge in [0.05, 0.1) is 18.3 Å². The van der Waals surface area contributed by atoms with Crippen LogP contribution in [0.4, 0.5) is 0 Å². The van der Waals surface area contributed by atoms with Gasteiger partial charge in [-0.2, -0.15) is 0 Å². The van der Waals surface area contributed by atoms with Gasteiger partial charge in [0.2, 0.25) is 0 Å². The van der Waals surface area contributed by atoms with E-state index in [0.717, 1.165) is 44.9 Å². The molecular weight excluding hydrogens is 368 g/mol. The number of rotatable bonds is 4. The van der Waals surface area contributed by atoms with Gasteiger partial charge in [0.15, 0.2) is 0 Å². The zero-order valence-corrected chi connectivity index (χ0v) is 18.3. The minimum atomic E-state index is -0.768. The van der Waals surface area contributed by atoms with E-state index < -0.39 is 12.1 Å². The van der Waals surface area contributed by atoms with E-state index in [-0.39, 0.29) is 47.2 Å². The summed E-state index contributed by atoms with van der Waals surface area (Å²) >= 11 is 0. The van der Waals surface area contributed by atoms with Gasteiger partial charge in [-0.05, 0) is 97.7 Å². The van der Waals surface area contributed by atoms with E-state index in [1.54, 1.807) is 0 Å². The second-order valence-electron chi connectivity index (χ2n) is 11.5. The average Bonchev–Trinajstić information content (AvgIpc) is 2.91. The molecule has 2 unspecified atom stereocenters. The van der Waals surface area contributed by atoms with Gasteiger partial charge in [-0.25, -0.2) is 0 Å². The lowest BCUT2D eigenvalue weighted by Crippen LogP contribution is -2.58. The van der Waals surface area contributed by atoms with E-state index in [1.165, 1.54) is 0 Å². The van der Waals surface area contributed by atoms with Crippen molar-refractivity contribution in [1.82, 2.24) is 0 Å². The van der Waals surface area contributed by atoms with E-state index in [9.17, 15) is 20.1 Å². The number of carbonyl (C=O) groups is 1. The number of carboxylic acid groups (broad SMARTS) is 1. The first-order valence-electron chi connectivity index (χ1n) is 11.8. The first-order chi connectivity index (χ1) is 13.6. The maximum atomic E-state index is 11.3. The molecule has 29 heavy (non-hydrogen) atoms. The molecule has 0 aromatic heterocycles. The van der Waals surface area contributed by atoms with Crippen molar-refractivity contribution in [2.24, 2.45) is 46.3 Å². The Hall–Kier alpha value is -0.650. The Labute approximate surface area is 174 Å². The third kappa shape index (κ3) is 3.36. The van der Waals surface area contributed by atoms with E-state index in [4.69, 9.17) is 5.11 Å². The van der Waals surface area contributed by atoms with Gasteiger partial charge in [-0.3, -0.25) is 4.79 Å². The van der Waals surface area contributed by atoms with Crippen LogP contribution in [0.2, 0.25) is 0 Å². The van der Waals surface area contributed by atoms with Gasteiger partial charge < -0.3 is 20.4 Å². The van der Waals surface area contributed by atoms with Gasteiger partial charge in [-0.1, -0.05) is 20.8 Å². The summed E-state index contributed by atoms with van der Waals surface area (Å²) in [4.78, 5) is 11.1. The number of aliphatic hydroxyl groups excluding tert-OH is 3. The molecular formula is C24H40O5. The Morgan fingerprint density at radius 1 is 0.966 bits per heavy atom. The summed E-state index contributed by atoms with van der Waals surface area (Å²) in [6.45, 7) is 6.81. The van der Waals surface area contributed by atoms with E-state index in [2.05, 4.69) is 20.8 Å². The highest BCUT2D eigenvalue weighted by molar-refractivity contribution is 5.66. The predicted molar refractivity (Wildman–Crippen MR) is 110 cm³/mol. The van der Waals surface area contributed by atoms with Crippen LogP contribution in [0.25, 0.3) is 0 Å². The fourth-order valence-electron chi connectivity index (χ4n) is 8.82. The Bertz CT molecular complexity index is 637. The summed E-state index contributed by atoms with van der Waals surface area (Å²) in [6, 6.07) is 0. The van der Waals surface area contributed by atoms with Crippen molar-refractivity contribution in [3.63, 3.8) is 0 Å². The Balaban J connectivity index is 1.59. The molecule has 0 aromatic rings. The number of hydrogen-bond acceptors (Lipinski definition) is 4. The molecule has 4 saturated carbocycles. The molecule has 4 aliphatic carbocycles. The molecule has 4 aliphatic rings. The normalized spacial score (nSPS) is 52.9. The zero-order valence-electron chi connectivity index (χ0n) is 18.3. The van der Waals surface area contributed by atoms with E-state index >= 15 is 0 Å². The SMILES string of the molecule is C[C@H](CCC(=O)O)[C@H]1C(O)C[C@H]2[C@@H]3[C@H](O)CC4C[C@H](O)CC[C@]4(C)[C@H]3CC[C@]12C. The van der Waals surface area contributed by atoms with Crippen molar-refractivity contribution >= 4 is 5.97 Å². The van der Waals surface area contributed by atoms with Crippen LogP contribution >= 0.6 is 0 Å². The summed E-state index contributed by atoms with van der Waals surface area (Å²) in [7, 11) is 0. The highest BCUT2D eigenvalue weighted by atomic mass is 16.4. The van der Waals surface area contributed by atoms with Gasteiger partial charge >= 0.3 is 5.97 Å². The van der Waals surface area contributed by atoms with Crippen molar-refractivity contribution in [2.75, 3.05) is 0 Å². The third-order valence-corrected chi connectivity index (χ3v) is 10.2. The van der Waals surface area contributed by atoms with Gasteiger partial charge in [0.1, 0.15) is 0 Å². The Morgan fingerprint density at radius 2 is 1.66 bits per heavy atom. The Kier molecular flexibility index (Phi) is 5.57. The van der Waals surface area contributed by atoms with Crippen LogP contribution in [-0.2, 0) is 4.79 Å². The molecule has 4 rings (SSSR count). The summed E-state index contributed by atoms with van der Waals surface area (Å²) in [6.07, 6.45) is 6.14. The van der Waals surface area contributed by atoms with Crippen molar-refractivity contribution < 1.29 is 25.2 Å². The summed E-state index contributed by atoms with van der Waals surface area (Å²) < 4.78 is 0. The summed E-state index contributed by atoms with van der Waals surface area (Å²) in [5.74, 6) is 0.881. The molecule has 0 spiro atoms. The molecule has 0 heterocycles. The van der Waals surface area contributed by atoms with Crippen LogP contribution in [0.15, 0.2) is 0 Å². The lowest BCUT2D eigenvalue weighted by Gasteiger charge is -2.62. The van der Waals surface area contributed by atoms with Crippen molar-refractivity contribution in [1.29, 1.82) is 0 Å². The monoisotopic (exact) mass is 408 g/mol. The molecule has 4 fully saturated rings. The third-order valence-electron chi connectivity index (χ3n) is 10.2. The van der Waals surface area contributed by atoms with Crippen molar-refractivity contribution in [3.8, 4) is 0 Å². The number of hydrogen-bond donors (Lipinski definition) is 4. The first-order valence-corrected chi connectivity index (χ1v) is 11.8. The highest BCUT2D eigenvalue weighted by Crippen LogP contribution is 2.68. The van der Waals surface area contributed by atoms with Crippen molar-refractivity contribution in [3.05, 3.63) is 0 Å². The summed E-state index contributed by atoms with van der Waals surface area (Å²) in [5, 5.41) is 41.6. The zero-order chi connectivity index (χ0) is 21.1. The lowest BCUT2D eigenvalue weighted by molar-refractivity contribution is -0.174. The van der Waals surface area contributed by atoms with Crippen molar-refractivity contribution in [2.45, 2.75) is 96.9 Å². The molecule has 11 atom stereocenters. The smallest absolute Gasteiger partial charge is 0.303 e. The molecule has 0 saturated heterocycles. The van der Waals surface area contributed by atoms with Crippen LogP contribution < -0.4 is 0 Å². The van der Waals surface area contributed by atoms with Gasteiger partial charge in [0, 0.05) is 6.42 Å². The lowest BCUT2D eigenvalue weighted by atomic mass is 9.43. The average molecular weight is 409 g/mol. The number of fused-ring (bicyclic) bond motifs is 5. The first kappa shape index (κ1) is 21.6. The topological polar surface area (TPSA) is 98.0 Å². The molecule has 5 heteroatoms. The number of aliphatic carboxylic acids is 1. The molecule has 5 nitrogen and oxygen atoms in total.